The number of nitrogens with zero attached hydrogens (tertiary/aromatic N) is 5. The van der Waals surface area contributed by atoms with E-state index in [0.29, 0.717) is 0 Å². The molecule has 0 aliphatic carbocycles. The fraction of sp³-hybridized carbons (Fsp3) is 0. The zero-order valence-electron chi connectivity index (χ0n) is 19.9. The molecule has 0 saturated heterocycles. The van der Waals surface area contributed by atoms with Crippen molar-refractivity contribution < 1.29 is 0 Å². The van der Waals surface area contributed by atoms with Crippen LogP contribution in [0.3, 0.4) is 0 Å². The van der Waals surface area contributed by atoms with E-state index in [-0.39, 0.29) is 6.85 Å². The van der Waals surface area contributed by atoms with Gasteiger partial charge in [-0.25, -0.2) is 4.68 Å². The van der Waals surface area contributed by atoms with Crippen LogP contribution in [-0.4, -0.2) is 26.8 Å². The van der Waals surface area contributed by atoms with Crippen LogP contribution in [0.25, 0.3) is 39.2 Å². The summed E-state index contributed by atoms with van der Waals surface area (Å²) >= 11 is 0. The monoisotopic (exact) mass is 473 g/mol. The summed E-state index contributed by atoms with van der Waals surface area (Å²) in [6.45, 7) is 0.0531. The number of rotatable bonds is 2. The van der Waals surface area contributed by atoms with Crippen molar-refractivity contribution >= 4 is 29.1 Å². The van der Waals surface area contributed by atoms with Crippen LogP contribution in [0, 0.1) is 0 Å². The SMILES string of the molecule is c1ccc(-c2ccc3c(c2)N2B(c4ccccc4-3)c3ccccc3-c3ccc(-n4ccnn4)cc32)nc1. The minimum absolute atomic E-state index is 0.0531. The van der Waals surface area contributed by atoms with Crippen LogP contribution in [0.15, 0.2) is 122 Å². The normalized spacial score (nSPS) is 12.8. The Morgan fingerprint density at radius 1 is 0.595 bits per heavy atom. The maximum absolute atomic E-state index is 4.64. The Hall–Kier alpha value is -4.97. The van der Waals surface area contributed by atoms with Gasteiger partial charge in [0, 0.05) is 34.3 Å². The summed E-state index contributed by atoms with van der Waals surface area (Å²) in [6.07, 6.45) is 5.45. The van der Waals surface area contributed by atoms with Crippen molar-refractivity contribution in [2.24, 2.45) is 0 Å². The third-order valence-corrected chi connectivity index (χ3v) is 7.50. The lowest BCUT2D eigenvalue weighted by Crippen LogP contribution is -2.59. The molecule has 4 heterocycles. The Morgan fingerprint density at radius 2 is 1.30 bits per heavy atom. The van der Waals surface area contributed by atoms with Gasteiger partial charge in [-0.2, -0.15) is 0 Å². The molecule has 172 valence electrons. The molecule has 0 saturated carbocycles. The first-order valence-electron chi connectivity index (χ1n) is 12.4. The summed E-state index contributed by atoms with van der Waals surface area (Å²) in [5.41, 5.74) is 13.0. The summed E-state index contributed by atoms with van der Waals surface area (Å²) in [7, 11) is 0. The zero-order valence-corrected chi connectivity index (χ0v) is 19.9. The van der Waals surface area contributed by atoms with Crippen molar-refractivity contribution in [1.29, 1.82) is 0 Å². The molecule has 2 aliphatic rings. The molecule has 0 bridgehead atoms. The molecule has 37 heavy (non-hydrogen) atoms. The van der Waals surface area contributed by atoms with Crippen LogP contribution in [-0.2, 0) is 0 Å². The number of hydrogen-bond acceptors (Lipinski definition) is 4. The smallest absolute Gasteiger partial charge is 0.329 e. The van der Waals surface area contributed by atoms with Gasteiger partial charge in [-0.3, -0.25) is 4.98 Å². The summed E-state index contributed by atoms with van der Waals surface area (Å²) in [6, 6.07) is 36.9. The van der Waals surface area contributed by atoms with Crippen molar-refractivity contribution in [2.75, 3.05) is 4.81 Å². The molecule has 0 spiro atoms. The Morgan fingerprint density at radius 3 is 2.00 bits per heavy atom. The lowest BCUT2D eigenvalue weighted by molar-refractivity contribution is 0.803. The highest BCUT2D eigenvalue weighted by molar-refractivity contribution is 6.92. The number of aromatic nitrogens is 4. The average Bonchev–Trinajstić information content (AvgIpc) is 3.52. The van der Waals surface area contributed by atoms with Crippen LogP contribution >= 0.6 is 0 Å². The Labute approximate surface area is 214 Å². The zero-order chi connectivity index (χ0) is 24.3. The maximum atomic E-state index is 4.64. The number of pyridine rings is 1. The Bertz CT molecular complexity index is 1800. The summed E-state index contributed by atoms with van der Waals surface area (Å²) in [5, 5.41) is 8.29. The van der Waals surface area contributed by atoms with E-state index in [2.05, 4.69) is 111 Å². The van der Waals surface area contributed by atoms with Gasteiger partial charge in [-0.1, -0.05) is 78.0 Å². The van der Waals surface area contributed by atoms with E-state index in [1.807, 2.05) is 29.2 Å². The van der Waals surface area contributed by atoms with E-state index < -0.39 is 0 Å². The molecule has 0 unspecified atom stereocenters. The van der Waals surface area contributed by atoms with Crippen molar-refractivity contribution in [3.63, 3.8) is 0 Å². The third kappa shape index (κ3) is 2.96. The fourth-order valence-electron chi connectivity index (χ4n) is 5.90. The molecule has 0 radical (unpaired) electrons. The average molecular weight is 473 g/mol. The van der Waals surface area contributed by atoms with Gasteiger partial charge >= 0.3 is 6.85 Å². The maximum Gasteiger partial charge on any atom is 0.329 e. The third-order valence-electron chi connectivity index (χ3n) is 7.50. The molecule has 5 nitrogen and oxygen atoms in total. The molecule has 0 N–H and O–H groups in total. The van der Waals surface area contributed by atoms with Crippen LogP contribution < -0.4 is 15.7 Å². The lowest BCUT2D eigenvalue weighted by atomic mass is 9.43. The predicted molar refractivity (Wildman–Crippen MR) is 149 cm³/mol. The molecule has 4 aromatic carbocycles. The fourth-order valence-corrected chi connectivity index (χ4v) is 5.90. The molecule has 2 aromatic heterocycles. The molecular formula is C31H20BN5. The van der Waals surface area contributed by atoms with Crippen molar-refractivity contribution in [1.82, 2.24) is 20.0 Å². The van der Waals surface area contributed by atoms with Gasteiger partial charge in [-0.15, -0.1) is 5.10 Å². The quantitative estimate of drug-likeness (QED) is 0.323. The molecule has 8 rings (SSSR count). The van der Waals surface area contributed by atoms with E-state index in [4.69, 9.17) is 0 Å². The first-order chi connectivity index (χ1) is 18.4. The van der Waals surface area contributed by atoms with E-state index in [1.165, 1.54) is 38.9 Å². The summed E-state index contributed by atoms with van der Waals surface area (Å²) in [5.74, 6) is 0. The summed E-state index contributed by atoms with van der Waals surface area (Å²) in [4.78, 5) is 7.14. The number of anilines is 2. The first-order valence-corrected chi connectivity index (χ1v) is 12.4. The Kier molecular flexibility index (Phi) is 4.25. The van der Waals surface area contributed by atoms with Gasteiger partial charge in [0.15, 0.2) is 0 Å². The molecule has 0 fully saturated rings. The molecule has 6 aromatic rings. The van der Waals surface area contributed by atoms with Crippen molar-refractivity contribution in [3.05, 3.63) is 122 Å². The second kappa shape index (κ2) is 7.77. The molecule has 0 atom stereocenters. The molecule has 0 amide bonds. The predicted octanol–water partition coefficient (Wildman–Crippen LogP) is 5.23. The number of benzene rings is 4. The van der Waals surface area contributed by atoms with Crippen LogP contribution in [0.1, 0.15) is 0 Å². The minimum atomic E-state index is 0.0531. The lowest BCUT2D eigenvalue weighted by Gasteiger charge is -2.43. The van der Waals surface area contributed by atoms with E-state index in [0.717, 1.165) is 22.6 Å². The highest BCUT2D eigenvalue weighted by Crippen LogP contribution is 2.47. The molecular weight excluding hydrogens is 453 g/mol. The molecule has 2 aliphatic heterocycles. The van der Waals surface area contributed by atoms with Crippen LogP contribution in [0.5, 0.6) is 0 Å². The molecule has 6 heteroatoms. The largest absolute Gasteiger partial charge is 0.376 e. The summed E-state index contributed by atoms with van der Waals surface area (Å²) < 4.78 is 1.82. The highest BCUT2D eigenvalue weighted by atomic mass is 15.4. The number of hydrogen-bond donors (Lipinski definition) is 0. The van der Waals surface area contributed by atoms with Gasteiger partial charge in [-0.05, 0) is 52.4 Å². The van der Waals surface area contributed by atoms with Crippen molar-refractivity contribution in [3.8, 4) is 39.2 Å². The van der Waals surface area contributed by atoms with Gasteiger partial charge in [0.2, 0.25) is 0 Å². The highest BCUT2D eigenvalue weighted by Gasteiger charge is 2.42. The van der Waals surface area contributed by atoms with E-state index in [1.54, 1.807) is 6.20 Å². The second-order valence-corrected chi connectivity index (χ2v) is 9.44. The first kappa shape index (κ1) is 20.2. The second-order valence-electron chi connectivity index (χ2n) is 9.44. The van der Waals surface area contributed by atoms with Gasteiger partial charge in [0.05, 0.1) is 23.8 Å². The van der Waals surface area contributed by atoms with Gasteiger partial charge in [0.1, 0.15) is 0 Å². The number of fused-ring (bicyclic) bond motifs is 11. The Balaban J connectivity index is 1.45. The minimum Gasteiger partial charge on any atom is -0.376 e. The standard InChI is InChI=1S/C31H20BN5/c1-3-9-27-23(7-1)25-14-12-21(29-11-5-6-16-33-29)19-30(25)37-31-20-22(36-18-17-34-35-36)13-15-26(31)24-8-2-4-10-28(24)32(27)37/h1-20H. The van der Waals surface area contributed by atoms with Crippen LogP contribution in [0.4, 0.5) is 11.4 Å². The van der Waals surface area contributed by atoms with E-state index >= 15 is 0 Å². The van der Waals surface area contributed by atoms with E-state index in [9.17, 15) is 0 Å². The van der Waals surface area contributed by atoms with Gasteiger partial charge < -0.3 is 4.81 Å². The van der Waals surface area contributed by atoms with Crippen molar-refractivity contribution in [2.45, 2.75) is 0 Å². The topological polar surface area (TPSA) is 46.8 Å². The van der Waals surface area contributed by atoms with Crippen LogP contribution in [0.2, 0.25) is 0 Å². The van der Waals surface area contributed by atoms with Gasteiger partial charge in [0.25, 0.3) is 0 Å².